The number of allylic oxidation sites excluding steroid dienone is 8. The van der Waals surface area contributed by atoms with Crippen LogP contribution >= 0.6 is 0 Å². The molecule has 0 heteroatoms. The lowest BCUT2D eigenvalue weighted by Gasteiger charge is -2.06. The maximum Gasteiger partial charge on any atom is -0.00704 e. The minimum Gasteiger partial charge on any atom is -0.103 e. The van der Waals surface area contributed by atoms with Crippen LogP contribution < -0.4 is 0 Å². The van der Waals surface area contributed by atoms with E-state index in [0.29, 0.717) is 0 Å². The molecule has 0 aliphatic rings. The van der Waals surface area contributed by atoms with Crippen molar-refractivity contribution in [1.29, 1.82) is 0 Å². The summed E-state index contributed by atoms with van der Waals surface area (Å²) in [6.07, 6.45) is 15.4. The summed E-state index contributed by atoms with van der Waals surface area (Å²) in [6.45, 7) is 19.6. The molecule has 0 unspecified atom stereocenters. The maximum atomic E-state index is 3.75. The van der Waals surface area contributed by atoms with Crippen molar-refractivity contribution in [3.05, 3.63) is 60.8 Å². The Labute approximate surface area is 122 Å². The molecule has 0 spiro atoms. The fraction of sp³-hybridized carbons (Fsp3) is 0.474. The fourth-order valence-corrected chi connectivity index (χ4v) is 1.33. The Morgan fingerprint density at radius 2 is 1.53 bits per heavy atom. The van der Waals surface area contributed by atoms with Crippen LogP contribution in [0.2, 0.25) is 0 Å². The molecule has 0 nitrogen and oxygen atoms in total. The van der Waals surface area contributed by atoms with Gasteiger partial charge in [0, 0.05) is 0 Å². The molecule has 0 bridgehead atoms. The molecule has 0 atom stereocenters. The van der Waals surface area contributed by atoms with Gasteiger partial charge in [-0.3, -0.25) is 0 Å². The van der Waals surface area contributed by atoms with Gasteiger partial charge in [-0.1, -0.05) is 76.3 Å². The first-order valence-electron chi connectivity index (χ1n) is 7.47. The van der Waals surface area contributed by atoms with Crippen molar-refractivity contribution < 1.29 is 0 Å². The Kier molecular flexibility index (Phi) is 26.4. The monoisotopic (exact) mass is 262 g/mol. The largest absolute Gasteiger partial charge is 0.103 e. The van der Waals surface area contributed by atoms with Gasteiger partial charge in [-0.2, -0.15) is 0 Å². The van der Waals surface area contributed by atoms with Gasteiger partial charge in [0.25, 0.3) is 0 Å². The molecule has 0 aromatic heterocycles. The highest BCUT2D eigenvalue weighted by molar-refractivity contribution is 5.26. The topological polar surface area (TPSA) is 0 Å². The third-order valence-corrected chi connectivity index (χ3v) is 2.33. The van der Waals surface area contributed by atoms with Crippen molar-refractivity contribution in [2.45, 2.75) is 60.8 Å². The van der Waals surface area contributed by atoms with E-state index < -0.39 is 0 Å². The minimum absolute atomic E-state index is 1.03. The standard InChI is InChI=1S/C15H22.2C2H6/c1-5-9-11-14(7-3)13-15(8-4)12-10-6-2;2*1-2/h5-9,11H,1-2,10,12-13H2,3-4H3;2*1-2H3/b11-9-,14-7+,15-8+;;. The molecule has 0 saturated heterocycles. The number of rotatable bonds is 7. The Morgan fingerprint density at radius 1 is 0.947 bits per heavy atom. The molecule has 0 aliphatic carbocycles. The van der Waals surface area contributed by atoms with Gasteiger partial charge in [0.1, 0.15) is 0 Å². The van der Waals surface area contributed by atoms with Gasteiger partial charge in [-0.05, 0) is 38.7 Å². The van der Waals surface area contributed by atoms with Crippen molar-refractivity contribution in [3.63, 3.8) is 0 Å². The van der Waals surface area contributed by atoms with Crippen LogP contribution in [0.3, 0.4) is 0 Å². The van der Waals surface area contributed by atoms with Crippen molar-refractivity contribution in [1.82, 2.24) is 0 Å². The van der Waals surface area contributed by atoms with E-state index in [2.05, 4.69) is 45.2 Å². The molecule has 0 N–H and O–H groups in total. The van der Waals surface area contributed by atoms with Gasteiger partial charge in [-0.25, -0.2) is 0 Å². The van der Waals surface area contributed by atoms with Gasteiger partial charge >= 0.3 is 0 Å². The summed E-state index contributed by atoms with van der Waals surface area (Å²) < 4.78 is 0. The molecule has 110 valence electrons. The van der Waals surface area contributed by atoms with Crippen LogP contribution in [0.1, 0.15) is 60.8 Å². The van der Waals surface area contributed by atoms with E-state index in [0.717, 1.165) is 19.3 Å². The molecule has 0 aromatic rings. The lowest BCUT2D eigenvalue weighted by molar-refractivity contribution is 0.924. The Balaban J connectivity index is -0.000000579. The molecular weight excluding hydrogens is 228 g/mol. The maximum absolute atomic E-state index is 3.75. The molecule has 19 heavy (non-hydrogen) atoms. The molecule has 0 aliphatic heterocycles. The lowest BCUT2D eigenvalue weighted by Crippen LogP contribution is -1.86. The van der Waals surface area contributed by atoms with Gasteiger partial charge in [0.15, 0.2) is 0 Å². The van der Waals surface area contributed by atoms with Crippen molar-refractivity contribution in [2.75, 3.05) is 0 Å². The Bertz CT molecular complexity index is 274. The second-order valence-corrected chi connectivity index (χ2v) is 3.41. The highest BCUT2D eigenvalue weighted by Gasteiger charge is 1.97. The number of hydrogen-bond donors (Lipinski definition) is 0. The second kappa shape index (κ2) is 21.9. The van der Waals surface area contributed by atoms with Gasteiger partial charge in [0.05, 0.1) is 0 Å². The summed E-state index contributed by atoms with van der Waals surface area (Å²) >= 11 is 0. The van der Waals surface area contributed by atoms with Crippen LogP contribution in [0, 0.1) is 0 Å². The molecule has 0 amide bonds. The Morgan fingerprint density at radius 3 is 1.89 bits per heavy atom. The summed E-state index contributed by atoms with van der Waals surface area (Å²) in [4.78, 5) is 0. The third-order valence-electron chi connectivity index (χ3n) is 2.33. The zero-order valence-corrected chi connectivity index (χ0v) is 14.0. The number of hydrogen-bond acceptors (Lipinski definition) is 0. The van der Waals surface area contributed by atoms with E-state index in [4.69, 9.17) is 0 Å². The van der Waals surface area contributed by atoms with Gasteiger partial charge in [-0.15, -0.1) is 6.58 Å². The van der Waals surface area contributed by atoms with Crippen LogP contribution in [0.4, 0.5) is 0 Å². The molecule has 0 radical (unpaired) electrons. The first kappa shape index (κ1) is 22.8. The zero-order valence-electron chi connectivity index (χ0n) is 14.0. The summed E-state index contributed by atoms with van der Waals surface area (Å²) in [5, 5.41) is 0. The predicted molar refractivity (Wildman–Crippen MR) is 93.6 cm³/mol. The quantitative estimate of drug-likeness (QED) is 0.341. The SMILES string of the molecule is C=C/C=C\C(=C/C)C/C(=C/C)CCC=C.CC.CC. The average molecular weight is 262 g/mol. The van der Waals surface area contributed by atoms with Crippen LogP contribution in [0.25, 0.3) is 0 Å². The first-order chi connectivity index (χ1) is 9.28. The van der Waals surface area contributed by atoms with E-state index in [1.807, 2.05) is 45.9 Å². The van der Waals surface area contributed by atoms with E-state index >= 15 is 0 Å². The first-order valence-corrected chi connectivity index (χ1v) is 7.47. The van der Waals surface area contributed by atoms with E-state index in [-0.39, 0.29) is 0 Å². The Hall–Kier alpha value is -1.30. The van der Waals surface area contributed by atoms with Crippen molar-refractivity contribution in [2.24, 2.45) is 0 Å². The van der Waals surface area contributed by atoms with Crippen molar-refractivity contribution >= 4 is 0 Å². The van der Waals surface area contributed by atoms with Gasteiger partial charge in [0.2, 0.25) is 0 Å². The van der Waals surface area contributed by atoms with Crippen LogP contribution in [-0.2, 0) is 0 Å². The highest BCUT2D eigenvalue weighted by Crippen LogP contribution is 2.17. The molecular formula is C19H34. The minimum atomic E-state index is 1.03. The van der Waals surface area contributed by atoms with Crippen LogP contribution in [0.5, 0.6) is 0 Å². The van der Waals surface area contributed by atoms with Crippen LogP contribution in [0.15, 0.2) is 60.8 Å². The van der Waals surface area contributed by atoms with E-state index in [1.165, 1.54) is 11.1 Å². The van der Waals surface area contributed by atoms with Crippen molar-refractivity contribution in [3.8, 4) is 0 Å². The lowest BCUT2D eigenvalue weighted by atomic mass is 10.0. The molecule has 0 fully saturated rings. The fourth-order valence-electron chi connectivity index (χ4n) is 1.33. The molecule has 0 aromatic carbocycles. The normalized spacial score (nSPS) is 11.1. The molecule has 0 rings (SSSR count). The van der Waals surface area contributed by atoms with E-state index in [1.54, 1.807) is 0 Å². The summed E-state index contributed by atoms with van der Waals surface area (Å²) in [5.41, 5.74) is 2.81. The van der Waals surface area contributed by atoms with Gasteiger partial charge < -0.3 is 0 Å². The molecule has 0 saturated carbocycles. The molecule has 0 heterocycles. The summed E-state index contributed by atoms with van der Waals surface area (Å²) in [6, 6.07) is 0. The second-order valence-electron chi connectivity index (χ2n) is 3.41. The smallest absolute Gasteiger partial charge is 0.00704 e. The predicted octanol–water partition coefficient (Wildman–Crippen LogP) is 7.03. The third kappa shape index (κ3) is 16.7. The van der Waals surface area contributed by atoms with Crippen LogP contribution in [-0.4, -0.2) is 0 Å². The van der Waals surface area contributed by atoms with E-state index in [9.17, 15) is 0 Å². The summed E-state index contributed by atoms with van der Waals surface area (Å²) in [5.74, 6) is 0. The summed E-state index contributed by atoms with van der Waals surface area (Å²) in [7, 11) is 0. The zero-order chi connectivity index (χ0) is 15.5. The highest BCUT2D eigenvalue weighted by atomic mass is 14.0. The average Bonchev–Trinajstić information content (AvgIpc) is 2.50.